The molecule has 0 N–H and O–H groups in total. The molecule has 0 saturated carbocycles. The van der Waals surface area contributed by atoms with E-state index in [-0.39, 0.29) is 71.7 Å². The zero-order valence-electron chi connectivity index (χ0n) is 10.4. The maximum absolute atomic E-state index is 10.8. The summed E-state index contributed by atoms with van der Waals surface area (Å²) in [5, 5.41) is 0. The van der Waals surface area contributed by atoms with E-state index >= 15 is 0 Å². The van der Waals surface area contributed by atoms with Gasteiger partial charge in [0.25, 0.3) is 0 Å². The van der Waals surface area contributed by atoms with Crippen molar-refractivity contribution in [2.24, 2.45) is 0 Å². The van der Waals surface area contributed by atoms with Gasteiger partial charge in [-0.15, -0.1) is 0 Å². The van der Waals surface area contributed by atoms with E-state index in [1.807, 2.05) is 0 Å². The molecular weight excluding hydrogens is 334 g/mol. The average molecular weight is 338 g/mol. The summed E-state index contributed by atoms with van der Waals surface area (Å²) in [6.07, 6.45) is -0.206. The van der Waals surface area contributed by atoms with E-state index in [0.29, 0.717) is 12.1 Å². The summed E-state index contributed by atoms with van der Waals surface area (Å²) >= 11 is 0. The summed E-state index contributed by atoms with van der Waals surface area (Å²) in [4.78, 5) is 19.0. The van der Waals surface area contributed by atoms with Crippen LogP contribution in [0.1, 0.15) is 20.7 Å². The number of aldehydes is 2. The minimum absolute atomic E-state index is 0. The Hall–Kier alpha value is 0.380. The van der Waals surface area contributed by atoms with Crippen molar-refractivity contribution in [1.82, 2.24) is 0 Å². The Balaban J connectivity index is 0. The number of rotatable bonds is 4. The third-order valence-electron chi connectivity index (χ3n) is 1.93. The van der Waals surface area contributed by atoms with Gasteiger partial charge in [-0.3, -0.25) is 9.59 Å². The van der Waals surface area contributed by atoms with Crippen molar-refractivity contribution in [2.45, 2.75) is 9.79 Å². The van der Waals surface area contributed by atoms with Crippen LogP contribution in [-0.4, -0.2) is 38.5 Å². The third-order valence-corrected chi connectivity index (χ3v) is 3.72. The van der Waals surface area contributed by atoms with Crippen LogP contribution in [0.4, 0.5) is 0 Å². The summed E-state index contributed by atoms with van der Waals surface area (Å²) in [5.74, 6) is 0. The van der Waals surface area contributed by atoms with E-state index in [1.54, 1.807) is 0 Å². The van der Waals surface area contributed by atoms with Crippen LogP contribution in [0.2, 0.25) is 0 Å². The van der Waals surface area contributed by atoms with Crippen LogP contribution in [0.25, 0.3) is 0 Å². The van der Waals surface area contributed by atoms with Crippen molar-refractivity contribution >= 4 is 32.8 Å². The Morgan fingerprint density at radius 2 is 1.00 bits per heavy atom. The van der Waals surface area contributed by atoms with Gasteiger partial charge in [0.15, 0.2) is 12.6 Å². The van der Waals surface area contributed by atoms with E-state index in [4.69, 9.17) is 0 Å². The molecule has 0 saturated heterocycles. The molecule has 0 aliphatic carbocycles. The van der Waals surface area contributed by atoms with Gasteiger partial charge >= 0.3 is 59.1 Å². The zero-order chi connectivity index (χ0) is 14.1. The maximum atomic E-state index is 10.8. The Kier molecular flexibility index (Phi) is 9.21. The Morgan fingerprint density at radius 3 is 1.15 bits per heavy atom. The second kappa shape index (κ2) is 8.13. The van der Waals surface area contributed by atoms with E-state index in [2.05, 4.69) is 0 Å². The predicted octanol–water partition coefficient (Wildman–Crippen LogP) is -6.87. The van der Waals surface area contributed by atoms with Crippen molar-refractivity contribution in [2.75, 3.05) is 0 Å². The molecule has 0 bridgehead atoms. The molecular formula is C8H4Na2O8S2. The minimum Gasteiger partial charge on any atom is -0.744 e. The molecule has 20 heavy (non-hydrogen) atoms. The molecule has 0 radical (unpaired) electrons. The molecule has 0 atom stereocenters. The molecule has 0 aromatic heterocycles. The quantitative estimate of drug-likeness (QED) is 0.299. The topological polar surface area (TPSA) is 149 Å². The molecule has 8 nitrogen and oxygen atoms in total. The van der Waals surface area contributed by atoms with E-state index in [9.17, 15) is 35.5 Å². The van der Waals surface area contributed by atoms with Crippen LogP contribution in [-0.2, 0) is 20.2 Å². The molecule has 1 rings (SSSR count). The van der Waals surface area contributed by atoms with Gasteiger partial charge < -0.3 is 9.11 Å². The van der Waals surface area contributed by atoms with Gasteiger partial charge in [-0.1, -0.05) is 0 Å². The molecule has 0 unspecified atom stereocenters. The Morgan fingerprint density at radius 1 is 0.750 bits per heavy atom. The Bertz CT molecular complexity index is 659. The summed E-state index contributed by atoms with van der Waals surface area (Å²) < 4.78 is 64.7. The molecule has 1 aromatic rings. The summed E-state index contributed by atoms with van der Waals surface area (Å²) in [6, 6.07) is 0.758. The van der Waals surface area contributed by atoms with Crippen molar-refractivity contribution in [3.63, 3.8) is 0 Å². The average Bonchev–Trinajstić information content (AvgIpc) is 2.24. The van der Waals surface area contributed by atoms with E-state index in [1.165, 1.54) is 0 Å². The summed E-state index contributed by atoms with van der Waals surface area (Å²) in [6.45, 7) is 0. The van der Waals surface area contributed by atoms with Gasteiger partial charge in [-0.25, -0.2) is 16.8 Å². The molecule has 0 aliphatic heterocycles. The fraction of sp³-hybridized carbons (Fsp3) is 0. The molecule has 98 valence electrons. The van der Waals surface area contributed by atoms with Crippen LogP contribution in [0.15, 0.2) is 21.9 Å². The number of benzene rings is 1. The number of carbonyl (C=O) groups is 2. The SMILES string of the molecule is O=Cc1cc(S(=O)(=O)[O-])c(C=O)cc1S(=O)(=O)[O-].[Na+].[Na+]. The second-order valence-corrected chi connectivity index (χ2v) is 5.77. The Labute approximate surface area is 159 Å². The zero-order valence-corrected chi connectivity index (χ0v) is 16.0. The summed E-state index contributed by atoms with van der Waals surface area (Å²) in [7, 11) is -10.2. The van der Waals surface area contributed by atoms with Crippen LogP contribution in [0.3, 0.4) is 0 Å². The van der Waals surface area contributed by atoms with Crippen LogP contribution in [0, 0.1) is 0 Å². The standard InChI is InChI=1S/C8H6O8S2.2Na/c9-3-5-1-7(17(11,12)13)6(4-10)2-8(5)18(14,15)16;;/h1-4H,(H,11,12,13)(H,14,15,16);;/q;2*+1/p-2. The fourth-order valence-electron chi connectivity index (χ4n) is 1.21. The molecule has 12 heteroatoms. The number of hydrogen-bond acceptors (Lipinski definition) is 8. The first-order valence-electron chi connectivity index (χ1n) is 4.11. The van der Waals surface area contributed by atoms with Gasteiger partial charge in [0.2, 0.25) is 0 Å². The third kappa shape index (κ3) is 5.30. The van der Waals surface area contributed by atoms with Crippen LogP contribution in [0.5, 0.6) is 0 Å². The van der Waals surface area contributed by atoms with Crippen molar-refractivity contribution in [1.29, 1.82) is 0 Å². The first-order valence-corrected chi connectivity index (χ1v) is 6.93. The van der Waals surface area contributed by atoms with Crippen LogP contribution >= 0.6 is 0 Å². The number of hydrogen-bond donors (Lipinski definition) is 0. The molecule has 0 spiro atoms. The first kappa shape index (κ1) is 22.7. The summed E-state index contributed by atoms with van der Waals surface area (Å²) in [5.41, 5.74) is -1.60. The maximum Gasteiger partial charge on any atom is 1.00 e. The molecule has 1 aromatic carbocycles. The molecule has 0 amide bonds. The van der Waals surface area contributed by atoms with E-state index in [0.717, 1.165) is 0 Å². The smallest absolute Gasteiger partial charge is 0.744 e. The second-order valence-electron chi connectivity index (χ2n) is 3.07. The van der Waals surface area contributed by atoms with Crippen molar-refractivity contribution < 1.29 is 94.6 Å². The first-order chi connectivity index (χ1) is 8.11. The normalized spacial score (nSPS) is 10.9. The largest absolute Gasteiger partial charge is 1.00 e. The monoisotopic (exact) mass is 338 g/mol. The van der Waals surface area contributed by atoms with Gasteiger partial charge in [-0.05, 0) is 12.1 Å². The van der Waals surface area contributed by atoms with Gasteiger partial charge in [0.1, 0.15) is 20.2 Å². The predicted molar refractivity (Wildman–Crippen MR) is 53.1 cm³/mol. The van der Waals surface area contributed by atoms with Gasteiger partial charge in [0.05, 0.1) is 9.79 Å². The minimum atomic E-state index is -5.08. The molecule has 0 heterocycles. The molecule has 0 fully saturated rings. The van der Waals surface area contributed by atoms with E-state index < -0.39 is 41.2 Å². The fourth-order valence-corrected chi connectivity index (χ4v) is 2.54. The van der Waals surface area contributed by atoms with Gasteiger partial charge in [-0.2, -0.15) is 0 Å². The van der Waals surface area contributed by atoms with Crippen molar-refractivity contribution in [3.05, 3.63) is 23.3 Å². The van der Waals surface area contributed by atoms with Crippen LogP contribution < -0.4 is 59.1 Å². The van der Waals surface area contributed by atoms with Gasteiger partial charge in [0, 0.05) is 11.1 Å². The van der Waals surface area contributed by atoms with Crippen molar-refractivity contribution in [3.8, 4) is 0 Å². The number of carbonyl (C=O) groups excluding carboxylic acids is 2. The molecule has 0 aliphatic rings.